The molecule has 0 aliphatic carbocycles. The molecule has 0 spiro atoms. The van der Waals surface area contributed by atoms with E-state index in [1.165, 1.54) is 13.4 Å². The lowest BCUT2D eigenvalue weighted by atomic mass is 10.2. The summed E-state index contributed by atoms with van der Waals surface area (Å²) in [5, 5.41) is 3.91. The zero-order chi connectivity index (χ0) is 16.2. The van der Waals surface area contributed by atoms with Gasteiger partial charge in [-0.2, -0.15) is 0 Å². The first-order valence-electron chi connectivity index (χ1n) is 7.67. The van der Waals surface area contributed by atoms with Gasteiger partial charge in [-0.15, -0.1) is 0 Å². The van der Waals surface area contributed by atoms with Gasteiger partial charge in [-0.25, -0.2) is 4.79 Å². The van der Waals surface area contributed by atoms with Gasteiger partial charge in [-0.3, -0.25) is 9.80 Å². The Morgan fingerprint density at radius 3 is 2.57 bits per heavy atom. The van der Waals surface area contributed by atoms with Crippen LogP contribution in [0.5, 0.6) is 0 Å². The number of aryl methyl sites for hydroxylation is 1. The maximum absolute atomic E-state index is 11.7. The minimum Gasteiger partial charge on any atom is -0.467 e. The van der Waals surface area contributed by atoms with Crippen LogP contribution in [-0.2, 0) is 17.8 Å². The fraction of sp³-hybridized carbons (Fsp3) is 0.500. The third-order valence-corrected chi connectivity index (χ3v) is 4.04. The van der Waals surface area contributed by atoms with Crippen LogP contribution in [0.1, 0.15) is 27.6 Å². The third-order valence-electron chi connectivity index (χ3n) is 4.04. The van der Waals surface area contributed by atoms with Gasteiger partial charge >= 0.3 is 5.97 Å². The van der Waals surface area contributed by atoms with Gasteiger partial charge < -0.3 is 13.7 Å². The molecule has 0 bridgehead atoms. The summed E-state index contributed by atoms with van der Waals surface area (Å²) in [6.45, 7) is 7.02. The predicted octanol–water partition coefficient (Wildman–Crippen LogP) is 1.68. The van der Waals surface area contributed by atoms with Crippen molar-refractivity contribution in [1.82, 2.24) is 15.0 Å². The van der Waals surface area contributed by atoms with Gasteiger partial charge in [0.15, 0.2) is 5.76 Å². The molecule has 0 atom stereocenters. The minimum absolute atomic E-state index is 0.354. The van der Waals surface area contributed by atoms with Crippen molar-refractivity contribution < 1.29 is 18.5 Å². The Morgan fingerprint density at radius 2 is 1.96 bits per heavy atom. The van der Waals surface area contributed by atoms with Crippen LogP contribution in [0.15, 0.2) is 27.3 Å². The van der Waals surface area contributed by atoms with E-state index in [2.05, 4.69) is 15.0 Å². The summed E-state index contributed by atoms with van der Waals surface area (Å²) < 4.78 is 15.5. The topological polar surface area (TPSA) is 72.0 Å². The van der Waals surface area contributed by atoms with Gasteiger partial charge in [0.25, 0.3) is 0 Å². The van der Waals surface area contributed by atoms with Crippen LogP contribution in [0.25, 0.3) is 0 Å². The Balaban J connectivity index is 1.51. The summed E-state index contributed by atoms with van der Waals surface area (Å²) >= 11 is 0. The van der Waals surface area contributed by atoms with Crippen molar-refractivity contribution in [2.75, 3.05) is 33.3 Å². The second-order valence-electron chi connectivity index (χ2n) is 5.74. The van der Waals surface area contributed by atoms with Gasteiger partial charge in [0.2, 0.25) is 0 Å². The molecule has 0 N–H and O–H groups in total. The molecule has 3 rings (SSSR count). The summed E-state index contributed by atoms with van der Waals surface area (Å²) in [6, 6.07) is 3.63. The number of methoxy groups -OCH3 is 1. The molecule has 2 aromatic rings. The van der Waals surface area contributed by atoms with E-state index in [-0.39, 0.29) is 5.97 Å². The maximum atomic E-state index is 11.7. The predicted molar refractivity (Wildman–Crippen MR) is 81.8 cm³/mol. The van der Waals surface area contributed by atoms with Gasteiger partial charge in [-0.1, -0.05) is 5.16 Å². The van der Waals surface area contributed by atoms with E-state index in [0.717, 1.165) is 44.2 Å². The van der Waals surface area contributed by atoms with E-state index >= 15 is 0 Å². The average molecular weight is 319 g/mol. The largest absolute Gasteiger partial charge is 0.467 e. The molecule has 7 heteroatoms. The number of hydrogen-bond acceptors (Lipinski definition) is 7. The van der Waals surface area contributed by atoms with Gasteiger partial charge in [0.1, 0.15) is 11.3 Å². The molecule has 7 nitrogen and oxygen atoms in total. The maximum Gasteiger partial charge on any atom is 0.341 e. The zero-order valence-corrected chi connectivity index (χ0v) is 13.4. The molecule has 1 aliphatic heterocycles. The lowest BCUT2D eigenvalue weighted by molar-refractivity contribution is 0.0593. The number of rotatable bonds is 5. The highest BCUT2D eigenvalue weighted by molar-refractivity contribution is 5.90. The number of ether oxygens (including phenoxy) is 1. The third kappa shape index (κ3) is 3.80. The first-order chi connectivity index (χ1) is 11.2. The summed E-state index contributed by atoms with van der Waals surface area (Å²) in [5.41, 5.74) is 1.42. The highest BCUT2D eigenvalue weighted by atomic mass is 16.5. The van der Waals surface area contributed by atoms with E-state index in [4.69, 9.17) is 13.7 Å². The van der Waals surface area contributed by atoms with Crippen molar-refractivity contribution in [2.24, 2.45) is 0 Å². The molecule has 3 heterocycles. The van der Waals surface area contributed by atoms with Gasteiger partial charge in [-0.05, 0) is 13.0 Å². The summed E-state index contributed by atoms with van der Waals surface area (Å²) in [5.74, 6) is 1.21. The van der Waals surface area contributed by atoms with Crippen molar-refractivity contribution in [1.29, 1.82) is 0 Å². The van der Waals surface area contributed by atoms with Crippen molar-refractivity contribution in [3.63, 3.8) is 0 Å². The molecular weight excluding hydrogens is 298 g/mol. The van der Waals surface area contributed by atoms with Crippen LogP contribution in [0.4, 0.5) is 0 Å². The lowest BCUT2D eigenvalue weighted by Gasteiger charge is -2.33. The van der Waals surface area contributed by atoms with E-state index in [9.17, 15) is 4.79 Å². The van der Waals surface area contributed by atoms with Crippen LogP contribution in [-0.4, -0.2) is 54.2 Å². The highest BCUT2D eigenvalue weighted by Gasteiger charge is 2.22. The molecule has 0 unspecified atom stereocenters. The normalized spacial score (nSPS) is 16.6. The Bertz CT molecular complexity index is 656. The molecule has 2 aromatic heterocycles. The second-order valence-corrected chi connectivity index (χ2v) is 5.74. The van der Waals surface area contributed by atoms with Crippen molar-refractivity contribution in [3.8, 4) is 0 Å². The lowest BCUT2D eigenvalue weighted by Crippen LogP contribution is -2.45. The Morgan fingerprint density at radius 1 is 1.26 bits per heavy atom. The number of aromatic nitrogens is 1. The van der Waals surface area contributed by atoms with Crippen LogP contribution in [0.3, 0.4) is 0 Å². The molecule has 1 saturated heterocycles. The van der Waals surface area contributed by atoms with Crippen molar-refractivity contribution >= 4 is 5.97 Å². The van der Waals surface area contributed by atoms with Crippen molar-refractivity contribution in [3.05, 3.63) is 41.2 Å². The molecule has 0 radical (unpaired) electrons. The van der Waals surface area contributed by atoms with Crippen LogP contribution in [0, 0.1) is 6.92 Å². The standard InChI is InChI=1S/C16H21N3O4/c1-12-9-13(23-17-12)10-18-4-6-19(7-5-18)11-15-14(3-8-22-15)16(20)21-2/h3,8-9H,4-7,10-11H2,1-2H3. The van der Waals surface area contributed by atoms with Gasteiger partial charge in [0, 0.05) is 32.2 Å². The highest BCUT2D eigenvalue weighted by Crippen LogP contribution is 2.16. The summed E-state index contributed by atoms with van der Waals surface area (Å²) in [6.07, 6.45) is 1.53. The van der Waals surface area contributed by atoms with E-state index in [1.807, 2.05) is 13.0 Å². The molecule has 124 valence electrons. The van der Waals surface area contributed by atoms with Crippen LogP contribution >= 0.6 is 0 Å². The quantitative estimate of drug-likeness (QED) is 0.776. The fourth-order valence-corrected chi connectivity index (χ4v) is 2.77. The first kappa shape index (κ1) is 15.8. The number of carbonyl (C=O) groups is 1. The number of carbonyl (C=O) groups excluding carboxylic acids is 1. The second kappa shape index (κ2) is 6.97. The Labute approximate surface area is 134 Å². The number of hydrogen-bond donors (Lipinski definition) is 0. The number of nitrogens with zero attached hydrogens (tertiary/aromatic N) is 3. The number of piperazine rings is 1. The zero-order valence-electron chi connectivity index (χ0n) is 13.4. The van der Waals surface area contributed by atoms with Crippen LogP contribution in [0.2, 0.25) is 0 Å². The summed E-state index contributed by atoms with van der Waals surface area (Å²) in [4.78, 5) is 16.3. The van der Waals surface area contributed by atoms with E-state index < -0.39 is 0 Å². The van der Waals surface area contributed by atoms with Crippen molar-refractivity contribution in [2.45, 2.75) is 20.0 Å². The average Bonchev–Trinajstić information content (AvgIpc) is 3.17. The molecular formula is C16H21N3O4. The molecule has 1 aliphatic rings. The fourth-order valence-electron chi connectivity index (χ4n) is 2.77. The molecule has 23 heavy (non-hydrogen) atoms. The molecule has 1 fully saturated rings. The molecule has 0 saturated carbocycles. The smallest absolute Gasteiger partial charge is 0.341 e. The Kier molecular flexibility index (Phi) is 4.78. The Hall–Kier alpha value is -2.12. The minimum atomic E-state index is -0.354. The SMILES string of the molecule is COC(=O)c1ccoc1CN1CCN(Cc2cc(C)no2)CC1. The first-order valence-corrected chi connectivity index (χ1v) is 7.67. The molecule has 0 amide bonds. The molecule has 0 aromatic carbocycles. The van der Waals surface area contributed by atoms with E-state index in [1.54, 1.807) is 6.07 Å². The van der Waals surface area contributed by atoms with Gasteiger partial charge in [0.05, 0.1) is 32.2 Å². The number of furan rings is 1. The number of esters is 1. The monoisotopic (exact) mass is 319 g/mol. The van der Waals surface area contributed by atoms with Crippen LogP contribution < -0.4 is 0 Å². The van der Waals surface area contributed by atoms with E-state index in [0.29, 0.717) is 17.9 Å². The summed E-state index contributed by atoms with van der Waals surface area (Å²) in [7, 11) is 1.38.